The molecule has 0 bridgehead atoms. The molecule has 7 nitrogen and oxygen atoms in total. The van der Waals surface area contributed by atoms with Crippen molar-refractivity contribution in [2.75, 3.05) is 17.4 Å². The summed E-state index contributed by atoms with van der Waals surface area (Å²) in [7, 11) is -4.17. The Bertz CT molecular complexity index is 1610. The highest BCUT2D eigenvalue weighted by atomic mass is 32.2. The van der Waals surface area contributed by atoms with Gasteiger partial charge in [0.1, 0.15) is 18.4 Å². The molecule has 0 spiro atoms. The summed E-state index contributed by atoms with van der Waals surface area (Å²) in [5.41, 5.74) is 2.58. The number of rotatable bonds is 13. The van der Waals surface area contributed by atoms with Crippen LogP contribution in [0.5, 0.6) is 0 Å². The zero-order valence-electron chi connectivity index (χ0n) is 24.3. The fourth-order valence-electron chi connectivity index (χ4n) is 4.92. The van der Waals surface area contributed by atoms with E-state index < -0.39 is 34.3 Å². The lowest BCUT2D eigenvalue weighted by atomic mass is 10.0. The van der Waals surface area contributed by atoms with E-state index in [1.807, 2.05) is 49.4 Å². The van der Waals surface area contributed by atoms with E-state index in [9.17, 15) is 22.4 Å². The van der Waals surface area contributed by atoms with Gasteiger partial charge in [0.05, 0.1) is 10.6 Å². The Hall–Kier alpha value is -4.50. The van der Waals surface area contributed by atoms with E-state index in [0.717, 1.165) is 15.4 Å². The molecule has 2 amide bonds. The summed E-state index contributed by atoms with van der Waals surface area (Å²) in [5, 5.41) is 2.83. The maximum Gasteiger partial charge on any atom is 0.264 e. The molecule has 1 N–H and O–H groups in total. The van der Waals surface area contributed by atoms with Gasteiger partial charge in [0.25, 0.3) is 10.0 Å². The van der Waals surface area contributed by atoms with Gasteiger partial charge in [-0.15, -0.1) is 0 Å². The average molecular weight is 602 g/mol. The molecule has 0 radical (unpaired) electrons. The van der Waals surface area contributed by atoms with E-state index in [-0.39, 0.29) is 23.8 Å². The normalized spacial score (nSPS) is 11.9. The van der Waals surface area contributed by atoms with Crippen LogP contribution in [0, 0.1) is 5.82 Å². The van der Waals surface area contributed by atoms with Gasteiger partial charge in [0.15, 0.2) is 0 Å². The predicted octanol–water partition coefficient (Wildman–Crippen LogP) is 5.36. The van der Waals surface area contributed by atoms with Crippen LogP contribution in [0.1, 0.15) is 30.5 Å². The maximum atomic E-state index is 14.4. The molecule has 0 saturated heterocycles. The number of hydrogen-bond acceptors (Lipinski definition) is 4. The summed E-state index contributed by atoms with van der Waals surface area (Å²) in [6, 6.07) is 29.1. The predicted molar refractivity (Wildman–Crippen MR) is 166 cm³/mol. The SMILES string of the molecule is CCNC(=O)[C@H](Cc1ccccc1)N(Cc1ccc(F)cc1)C(=O)CN(c1ccccc1CC)S(=O)(=O)c1ccccc1. The molecular formula is C34H36FN3O4S. The Morgan fingerprint density at radius 3 is 2.02 bits per heavy atom. The highest BCUT2D eigenvalue weighted by Gasteiger charge is 2.35. The van der Waals surface area contributed by atoms with Crippen LogP contribution in [-0.4, -0.2) is 44.3 Å². The zero-order valence-corrected chi connectivity index (χ0v) is 25.1. The van der Waals surface area contributed by atoms with Crippen LogP contribution in [0.4, 0.5) is 10.1 Å². The standard InChI is InChI=1S/C34H36FN3O4S/c1-3-28-15-11-12-18-31(28)38(43(41,42)30-16-9-6-10-17-30)25-33(39)37(24-27-19-21-29(35)22-20-27)32(34(40)36-4-2)23-26-13-7-5-8-14-26/h5-22,32H,3-4,23-25H2,1-2H3,(H,36,40)/t32-/m0/s1. The molecule has 224 valence electrons. The molecule has 0 aliphatic carbocycles. The second kappa shape index (κ2) is 14.6. The fourth-order valence-corrected chi connectivity index (χ4v) is 6.39. The highest BCUT2D eigenvalue weighted by molar-refractivity contribution is 7.92. The minimum atomic E-state index is -4.17. The van der Waals surface area contributed by atoms with Gasteiger partial charge in [-0.05, 0) is 60.4 Å². The molecule has 4 rings (SSSR count). The lowest BCUT2D eigenvalue weighted by molar-refractivity contribution is -0.140. The van der Waals surface area contributed by atoms with Gasteiger partial charge in [-0.1, -0.05) is 85.8 Å². The minimum Gasteiger partial charge on any atom is -0.355 e. The number of halogens is 1. The average Bonchev–Trinajstić information content (AvgIpc) is 3.03. The van der Waals surface area contributed by atoms with Crippen LogP contribution in [0.2, 0.25) is 0 Å². The molecule has 1 atom stereocenters. The molecule has 0 aliphatic heterocycles. The van der Waals surface area contributed by atoms with E-state index in [4.69, 9.17) is 0 Å². The molecule has 43 heavy (non-hydrogen) atoms. The molecule has 0 heterocycles. The molecule has 4 aromatic rings. The Balaban J connectivity index is 1.81. The number of carbonyl (C=O) groups excluding carboxylic acids is 2. The Morgan fingerprint density at radius 1 is 0.791 bits per heavy atom. The van der Waals surface area contributed by atoms with Crippen LogP contribution in [0.3, 0.4) is 0 Å². The monoisotopic (exact) mass is 601 g/mol. The van der Waals surface area contributed by atoms with Gasteiger partial charge in [0, 0.05) is 19.5 Å². The molecule has 9 heteroatoms. The van der Waals surface area contributed by atoms with Crippen molar-refractivity contribution < 1.29 is 22.4 Å². The lowest BCUT2D eigenvalue weighted by Crippen LogP contribution is -2.53. The third-order valence-electron chi connectivity index (χ3n) is 7.14. The van der Waals surface area contributed by atoms with E-state index in [2.05, 4.69) is 5.32 Å². The Kier molecular flexibility index (Phi) is 10.7. The molecule has 0 unspecified atom stereocenters. The number of anilines is 1. The maximum absolute atomic E-state index is 14.4. The quantitative estimate of drug-likeness (QED) is 0.224. The van der Waals surface area contributed by atoms with Crippen molar-refractivity contribution in [3.05, 3.63) is 132 Å². The lowest BCUT2D eigenvalue weighted by Gasteiger charge is -2.34. The molecule has 0 aromatic heterocycles. The largest absolute Gasteiger partial charge is 0.355 e. The second-order valence-corrected chi connectivity index (χ2v) is 11.9. The van der Waals surface area contributed by atoms with Crippen molar-refractivity contribution in [1.29, 1.82) is 0 Å². The summed E-state index contributed by atoms with van der Waals surface area (Å²) < 4.78 is 43.1. The first-order valence-corrected chi connectivity index (χ1v) is 15.7. The second-order valence-electron chi connectivity index (χ2n) is 10.1. The summed E-state index contributed by atoms with van der Waals surface area (Å²) in [6.07, 6.45) is 0.747. The third-order valence-corrected chi connectivity index (χ3v) is 8.91. The molecule has 0 fully saturated rings. The van der Waals surface area contributed by atoms with Crippen molar-refractivity contribution in [3.63, 3.8) is 0 Å². The summed E-state index contributed by atoms with van der Waals surface area (Å²) in [4.78, 5) is 29.3. The summed E-state index contributed by atoms with van der Waals surface area (Å²) >= 11 is 0. The van der Waals surface area contributed by atoms with Crippen molar-refractivity contribution in [1.82, 2.24) is 10.2 Å². The Labute approximate surface area is 253 Å². The van der Waals surface area contributed by atoms with Gasteiger partial charge in [-0.25, -0.2) is 12.8 Å². The number of nitrogens with one attached hydrogen (secondary N) is 1. The number of likely N-dealkylation sites (N-methyl/N-ethyl adjacent to an activating group) is 1. The van der Waals surface area contributed by atoms with E-state index in [1.165, 1.54) is 29.2 Å². The van der Waals surface area contributed by atoms with E-state index in [0.29, 0.717) is 24.2 Å². The van der Waals surface area contributed by atoms with Crippen LogP contribution < -0.4 is 9.62 Å². The van der Waals surface area contributed by atoms with Gasteiger partial charge in [-0.2, -0.15) is 0 Å². The number of carbonyl (C=O) groups is 2. The van der Waals surface area contributed by atoms with Gasteiger partial charge in [0.2, 0.25) is 11.8 Å². The number of hydrogen-bond donors (Lipinski definition) is 1. The number of sulfonamides is 1. The van der Waals surface area contributed by atoms with Gasteiger partial charge < -0.3 is 10.2 Å². The van der Waals surface area contributed by atoms with E-state index >= 15 is 0 Å². The molecule has 0 aliphatic rings. The number of nitrogens with zero attached hydrogens (tertiary/aromatic N) is 2. The first-order valence-electron chi connectivity index (χ1n) is 14.3. The third kappa shape index (κ3) is 7.87. The van der Waals surface area contributed by atoms with Crippen molar-refractivity contribution in [3.8, 4) is 0 Å². The van der Waals surface area contributed by atoms with E-state index in [1.54, 1.807) is 49.4 Å². The van der Waals surface area contributed by atoms with Gasteiger partial charge in [-0.3, -0.25) is 13.9 Å². The fraction of sp³-hybridized carbons (Fsp3) is 0.235. The van der Waals surface area contributed by atoms with Crippen LogP contribution in [-0.2, 0) is 39.0 Å². The molecule has 4 aromatic carbocycles. The topological polar surface area (TPSA) is 86.8 Å². The van der Waals surface area contributed by atoms with Crippen molar-refractivity contribution in [2.24, 2.45) is 0 Å². The van der Waals surface area contributed by atoms with Gasteiger partial charge >= 0.3 is 0 Å². The highest BCUT2D eigenvalue weighted by Crippen LogP contribution is 2.28. The first-order chi connectivity index (χ1) is 20.7. The smallest absolute Gasteiger partial charge is 0.264 e. The van der Waals surface area contributed by atoms with Crippen LogP contribution in [0.25, 0.3) is 0 Å². The van der Waals surface area contributed by atoms with Crippen LogP contribution >= 0.6 is 0 Å². The molecular weight excluding hydrogens is 565 g/mol. The number of aryl methyl sites for hydroxylation is 1. The summed E-state index contributed by atoms with van der Waals surface area (Å²) in [5.74, 6) is -1.36. The zero-order chi connectivity index (χ0) is 30.8. The minimum absolute atomic E-state index is 0.0254. The van der Waals surface area contributed by atoms with Crippen LogP contribution in [0.15, 0.2) is 114 Å². The van der Waals surface area contributed by atoms with Crippen molar-refractivity contribution >= 4 is 27.5 Å². The van der Waals surface area contributed by atoms with Crippen molar-refractivity contribution in [2.45, 2.75) is 44.2 Å². The number of para-hydroxylation sites is 1. The first kappa shape index (κ1) is 31.4. The summed E-state index contributed by atoms with van der Waals surface area (Å²) in [6.45, 7) is 3.49. The number of amides is 2. The number of benzene rings is 4. The Morgan fingerprint density at radius 2 is 1.40 bits per heavy atom. The molecule has 0 saturated carbocycles.